The largest absolute Gasteiger partial charge is 0.325 e. The van der Waals surface area contributed by atoms with E-state index in [2.05, 4.69) is 58.7 Å². The summed E-state index contributed by atoms with van der Waals surface area (Å²) in [6.07, 6.45) is 9.22. The van der Waals surface area contributed by atoms with Gasteiger partial charge in [-0.05, 0) is 79.2 Å². The van der Waals surface area contributed by atoms with Crippen molar-refractivity contribution in [2.75, 3.05) is 0 Å². The van der Waals surface area contributed by atoms with Crippen LogP contribution in [0.15, 0.2) is 70.5 Å². The molecule has 3 aliphatic carbocycles. The molecular weight excluding hydrogens is 332 g/mol. The lowest BCUT2D eigenvalue weighted by Gasteiger charge is -2.47. The fraction of sp³-hybridized carbons (Fsp3) is 0.417. The summed E-state index contributed by atoms with van der Waals surface area (Å²) >= 11 is 0. The molecule has 4 rings (SSSR count). The number of pyridine rings is 1. The van der Waals surface area contributed by atoms with Gasteiger partial charge in [0.15, 0.2) is 0 Å². The summed E-state index contributed by atoms with van der Waals surface area (Å²) in [4.78, 5) is 20.5. The van der Waals surface area contributed by atoms with E-state index in [0.717, 1.165) is 23.3 Å². The highest BCUT2D eigenvalue weighted by Crippen LogP contribution is 2.52. The van der Waals surface area contributed by atoms with Crippen LogP contribution in [0.25, 0.3) is 0 Å². The van der Waals surface area contributed by atoms with Crippen molar-refractivity contribution in [2.45, 2.75) is 59.5 Å². The number of carbonyl (C=O) groups excluding carboxylic acids is 1. The van der Waals surface area contributed by atoms with Crippen molar-refractivity contribution in [1.29, 1.82) is 0 Å². The fourth-order valence-electron chi connectivity index (χ4n) is 4.26. The summed E-state index contributed by atoms with van der Waals surface area (Å²) in [7, 11) is 0. The van der Waals surface area contributed by atoms with Gasteiger partial charge in [0, 0.05) is 17.3 Å². The zero-order valence-corrected chi connectivity index (χ0v) is 17.1. The molecule has 27 heavy (non-hydrogen) atoms. The van der Waals surface area contributed by atoms with Crippen LogP contribution in [0.1, 0.15) is 59.7 Å². The van der Waals surface area contributed by atoms with Crippen molar-refractivity contribution in [3.63, 3.8) is 0 Å². The SMILES string of the molecule is CC(C)(C)C(c1ccccn1)N(C(=O)C1=C2C=C3CC3=C2C=C1)C(C)(C)C. The highest BCUT2D eigenvalue weighted by molar-refractivity contribution is 6.02. The van der Waals surface area contributed by atoms with Crippen molar-refractivity contribution in [3.8, 4) is 0 Å². The Bertz CT molecular complexity index is 931. The number of aromatic nitrogens is 1. The van der Waals surface area contributed by atoms with Crippen molar-refractivity contribution in [2.24, 2.45) is 5.41 Å². The van der Waals surface area contributed by atoms with Crippen LogP contribution in [0, 0.1) is 5.41 Å². The summed E-state index contributed by atoms with van der Waals surface area (Å²) in [5, 5.41) is 0. The van der Waals surface area contributed by atoms with Gasteiger partial charge in [-0.25, -0.2) is 0 Å². The number of nitrogens with zero attached hydrogens (tertiary/aromatic N) is 2. The second kappa shape index (κ2) is 5.79. The predicted octanol–water partition coefficient (Wildman–Crippen LogP) is 5.30. The number of hydrogen-bond donors (Lipinski definition) is 0. The molecule has 0 bridgehead atoms. The second-order valence-electron chi connectivity index (χ2n) is 9.77. The summed E-state index contributed by atoms with van der Waals surface area (Å²) in [6, 6.07) is 5.84. The molecule has 3 nitrogen and oxygen atoms in total. The Labute approximate surface area is 162 Å². The summed E-state index contributed by atoms with van der Waals surface area (Å²) in [5.74, 6) is 0.0908. The minimum absolute atomic E-state index is 0.0908. The minimum atomic E-state index is -0.335. The van der Waals surface area contributed by atoms with Crippen LogP contribution >= 0.6 is 0 Å². The van der Waals surface area contributed by atoms with Crippen molar-refractivity contribution in [1.82, 2.24) is 9.88 Å². The van der Waals surface area contributed by atoms with Gasteiger partial charge in [0.2, 0.25) is 0 Å². The van der Waals surface area contributed by atoms with E-state index in [9.17, 15) is 4.79 Å². The normalized spacial score (nSPS) is 19.1. The summed E-state index contributed by atoms with van der Waals surface area (Å²) < 4.78 is 0. The van der Waals surface area contributed by atoms with Crippen molar-refractivity contribution < 1.29 is 4.79 Å². The molecule has 0 aliphatic heterocycles. The molecule has 0 aromatic carbocycles. The van der Waals surface area contributed by atoms with Crippen molar-refractivity contribution >= 4 is 5.91 Å². The Balaban J connectivity index is 1.81. The fourth-order valence-corrected chi connectivity index (χ4v) is 4.26. The van der Waals surface area contributed by atoms with Crippen LogP contribution in [-0.4, -0.2) is 21.3 Å². The number of amides is 1. The standard InChI is InChI=1S/C24H28N2O/c1-23(2,3)21(20-9-7-8-12-25-20)26(24(4,5)6)22(27)17-11-10-16-18-13-15(18)14-19(16)17/h7-12,14,21H,13H2,1-6H3. The molecule has 0 spiro atoms. The number of carbonyl (C=O) groups is 1. The lowest BCUT2D eigenvalue weighted by molar-refractivity contribution is -0.138. The number of rotatable bonds is 3. The Kier molecular flexibility index (Phi) is 3.85. The monoisotopic (exact) mass is 360 g/mol. The molecule has 1 unspecified atom stereocenters. The van der Waals surface area contributed by atoms with E-state index in [1.54, 1.807) is 0 Å². The quantitative estimate of drug-likeness (QED) is 0.732. The van der Waals surface area contributed by atoms with E-state index in [0.29, 0.717) is 0 Å². The molecule has 0 N–H and O–H groups in total. The van der Waals surface area contributed by atoms with Gasteiger partial charge in [-0.1, -0.05) is 32.9 Å². The summed E-state index contributed by atoms with van der Waals surface area (Å²) in [5.41, 5.74) is 6.45. The van der Waals surface area contributed by atoms with E-state index in [1.807, 2.05) is 35.4 Å². The molecule has 1 aromatic rings. The van der Waals surface area contributed by atoms with Crippen LogP contribution < -0.4 is 0 Å². The Morgan fingerprint density at radius 3 is 2.41 bits per heavy atom. The van der Waals surface area contributed by atoms with Gasteiger partial charge in [-0.15, -0.1) is 0 Å². The van der Waals surface area contributed by atoms with E-state index in [4.69, 9.17) is 0 Å². The molecule has 0 saturated heterocycles. The van der Waals surface area contributed by atoms with E-state index in [-0.39, 0.29) is 22.9 Å². The molecule has 1 aromatic heterocycles. The third-order valence-electron chi connectivity index (χ3n) is 5.49. The average molecular weight is 361 g/mol. The Morgan fingerprint density at radius 1 is 1.07 bits per heavy atom. The minimum Gasteiger partial charge on any atom is -0.325 e. The number of fused-ring (bicyclic) bond motifs is 2. The zero-order chi connectivity index (χ0) is 19.6. The molecule has 1 fully saturated rings. The van der Waals surface area contributed by atoms with Crippen LogP contribution in [0.4, 0.5) is 0 Å². The van der Waals surface area contributed by atoms with Crippen molar-refractivity contribution in [3.05, 3.63) is 76.2 Å². The lowest BCUT2D eigenvalue weighted by Crippen LogP contribution is -2.52. The van der Waals surface area contributed by atoms with Gasteiger partial charge >= 0.3 is 0 Å². The van der Waals surface area contributed by atoms with Gasteiger partial charge in [0.05, 0.1) is 11.7 Å². The third-order valence-corrected chi connectivity index (χ3v) is 5.49. The zero-order valence-electron chi connectivity index (χ0n) is 17.1. The molecule has 1 atom stereocenters. The van der Waals surface area contributed by atoms with E-state index >= 15 is 0 Å². The average Bonchev–Trinajstić information content (AvgIpc) is 3.05. The first-order valence-electron chi connectivity index (χ1n) is 9.70. The van der Waals surface area contributed by atoms with Gasteiger partial charge in [0.25, 0.3) is 5.91 Å². The van der Waals surface area contributed by atoms with E-state index < -0.39 is 0 Å². The Hall–Kier alpha value is -2.42. The molecule has 3 heteroatoms. The molecular formula is C24H28N2O. The first-order chi connectivity index (χ1) is 12.6. The number of hydrogen-bond acceptors (Lipinski definition) is 2. The molecule has 1 saturated carbocycles. The lowest BCUT2D eigenvalue weighted by atomic mass is 9.80. The van der Waals surface area contributed by atoms with Gasteiger partial charge in [0.1, 0.15) is 0 Å². The predicted molar refractivity (Wildman–Crippen MR) is 109 cm³/mol. The molecule has 0 radical (unpaired) electrons. The first kappa shape index (κ1) is 18.0. The van der Waals surface area contributed by atoms with Gasteiger partial charge in [-0.2, -0.15) is 0 Å². The Morgan fingerprint density at radius 2 is 1.81 bits per heavy atom. The van der Waals surface area contributed by atoms with Crippen LogP contribution in [0.3, 0.4) is 0 Å². The second-order valence-corrected chi connectivity index (χ2v) is 9.77. The molecule has 140 valence electrons. The maximum absolute atomic E-state index is 13.9. The smallest absolute Gasteiger partial charge is 0.255 e. The highest BCUT2D eigenvalue weighted by Gasteiger charge is 2.44. The summed E-state index contributed by atoms with van der Waals surface area (Å²) in [6.45, 7) is 12.9. The van der Waals surface area contributed by atoms with Gasteiger partial charge in [-0.3, -0.25) is 9.78 Å². The molecule has 1 heterocycles. The van der Waals surface area contributed by atoms with Crippen LogP contribution in [-0.2, 0) is 4.79 Å². The van der Waals surface area contributed by atoms with E-state index in [1.165, 1.54) is 16.7 Å². The molecule has 1 amide bonds. The first-order valence-corrected chi connectivity index (χ1v) is 9.70. The maximum Gasteiger partial charge on any atom is 0.255 e. The molecule has 3 aliphatic rings. The maximum atomic E-state index is 13.9. The van der Waals surface area contributed by atoms with Gasteiger partial charge < -0.3 is 4.90 Å². The van der Waals surface area contributed by atoms with Crippen LogP contribution in [0.5, 0.6) is 0 Å². The highest BCUT2D eigenvalue weighted by atomic mass is 16.2. The topological polar surface area (TPSA) is 33.2 Å². The number of allylic oxidation sites excluding steroid dienone is 6. The third kappa shape index (κ3) is 2.99. The van der Waals surface area contributed by atoms with Crippen LogP contribution in [0.2, 0.25) is 0 Å².